The van der Waals surface area contributed by atoms with Crippen LogP contribution in [0.3, 0.4) is 0 Å². The lowest BCUT2D eigenvalue weighted by Crippen LogP contribution is -2.26. The minimum Gasteiger partial charge on any atom is -0.390 e. The van der Waals surface area contributed by atoms with Gasteiger partial charge >= 0.3 is 0 Å². The second-order valence-corrected chi connectivity index (χ2v) is 4.36. The van der Waals surface area contributed by atoms with Crippen LogP contribution >= 0.6 is 0 Å². The molecule has 7 nitrogen and oxygen atoms in total. The molecular weight excluding hydrogens is 246 g/mol. The van der Waals surface area contributed by atoms with Crippen molar-refractivity contribution in [2.45, 2.75) is 32.8 Å². The van der Waals surface area contributed by atoms with Gasteiger partial charge in [-0.15, -0.1) is 0 Å². The average molecular weight is 263 g/mol. The molecule has 2 rings (SSSR count). The number of nitrogens with two attached hydrogens (primary N) is 1. The van der Waals surface area contributed by atoms with Crippen LogP contribution in [0.2, 0.25) is 0 Å². The van der Waals surface area contributed by atoms with E-state index in [1.807, 2.05) is 19.9 Å². The van der Waals surface area contributed by atoms with E-state index in [1.54, 1.807) is 0 Å². The topological polar surface area (TPSA) is 102 Å². The number of anilines is 1. The molecular formula is C12H17N5O2. The van der Waals surface area contributed by atoms with Crippen molar-refractivity contribution in [3.05, 3.63) is 17.6 Å². The van der Waals surface area contributed by atoms with Crippen LogP contribution in [-0.4, -0.2) is 34.2 Å². The number of oxime groups is 1. The first-order chi connectivity index (χ1) is 9.08. The number of hydrogen-bond acceptors (Lipinski definition) is 6. The molecule has 7 heteroatoms. The summed E-state index contributed by atoms with van der Waals surface area (Å²) in [5.41, 5.74) is 6.39. The zero-order valence-corrected chi connectivity index (χ0v) is 11.0. The molecule has 102 valence electrons. The van der Waals surface area contributed by atoms with Crippen molar-refractivity contribution in [3.63, 3.8) is 0 Å². The van der Waals surface area contributed by atoms with E-state index < -0.39 is 5.91 Å². The number of amides is 1. The van der Waals surface area contributed by atoms with Crippen LogP contribution in [0.15, 0.2) is 11.2 Å². The maximum atomic E-state index is 10.9. The van der Waals surface area contributed by atoms with Gasteiger partial charge in [0.2, 0.25) is 0 Å². The predicted octanol–water partition coefficient (Wildman–Crippen LogP) is 0.390. The van der Waals surface area contributed by atoms with Crippen LogP contribution in [-0.2, 0) is 16.1 Å². The highest BCUT2D eigenvalue weighted by Crippen LogP contribution is 2.12. The summed E-state index contributed by atoms with van der Waals surface area (Å²) in [6.45, 7) is 4.41. The Hall–Kier alpha value is -2.18. The number of rotatable bonds is 5. The number of nitrogens with zero attached hydrogens (tertiary/aromatic N) is 3. The molecule has 0 aromatic carbocycles. The summed E-state index contributed by atoms with van der Waals surface area (Å²) in [4.78, 5) is 24.6. The zero-order valence-electron chi connectivity index (χ0n) is 11.0. The minimum absolute atomic E-state index is 0.192. The Kier molecular flexibility index (Phi) is 3.94. The Bertz CT molecular complexity index is 515. The largest absolute Gasteiger partial charge is 0.390 e. The van der Waals surface area contributed by atoms with E-state index in [1.165, 1.54) is 0 Å². The maximum Gasteiger partial charge on any atom is 0.266 e. The molecule has 1 aromatic heterocycles. The SMILES string of the molecule is CCc1cc(NC[C@@H]2CC(C(N)=O)=NO2)nc(C)n1. The van der Waals surface area contributed by atoms with Crippen LogP contribution in [0.4, 0.5) is 5.82 Å². The molecule has 2 heterocycles. The number of aromatic nitrogens is 2. The molecule has 1 aliphatic heterocycles. The quantitative estimate of drug-likeness (QED) is 0.800. The lowest BCUT2D eigenvalue weighted by Gasteiger charge is -2.11. The standard InChI is InChI=1S/C12H17N5O2/c1-3-8-4-11(16-7(2)15-8)14-6-9-5-10(12(13)18)17-19-9/h4,9H,3,5-6H2,1-2H3,(H2,13,18)(H,14,15,16)/t9-/m0/s1. The first-order valence-electron chi connectivity index (χ1n) is 6.19. The summed E-state index contributed by atoms with van der Waals surface area (Å²) in [7, 11) is 0. The van der Waals surface area contributed by atoms with Crippen molar-refractivity contribution in [1.29, 1.82) is 0 Å². The highest BCUT2D eigenvalue weighted by molar-refractivity contribution is 6.38. The van der Waals surface area contributed by atoms with Gasteiger partial charge in [0.1, 0.15) is 17.4 Å². The summed E-state index contributed by atoms with van der Waals surface area (Å²) >= 11 is 0. The molecule has 0 unspecified atom stereocenters. The first kappa shape index (κ1) is 13.3. The lowest BCUT2D eigenvalue weighted by molar-refractivity contribution is -0.112. The Labute approximate surface area is 111 Å². The normalized spacial score (nSPS) is 17.8. The van der Waals surface area contributed by atoms with E-state index in [9.17, 15) is 4.79 Å². The van der Waals surface area contributed by atoms with Crippen molar-refractivity contribution < 1.29 is 9.63 Å². The second-order valence-electron chi connectivity index (χ2n) is 4.36. The number of primary amides is 1. The minimum atomic E-state index is -0.534. The number of aryl methyl sites for hydroxylation is 2. The van der Waals surface area contributed by atoms with Gasteiger partial charge in [-0.1, -0.05) is 12.1 Å². The molecule has 1 amide bonds. The summed E-state index contributed by atoms with van der Waals surface area (Å²) in [6, 6.07) is 1.90. The molecule has 0 bridgehead atoms. The fourth-order valence-electron chi connectivity index (χ4n) is 1.80. The van der Waals surface area contributed by atoms with Gasteiger partial charge in [-0.25, -0.2) is 9.97 Å². The molecule has 0 saturated carbocycles. The third kappa shape index (κ3) is 3.40. The highest BCUT2D eigenvalue weighted by atomic mass is 16.6. The van der Waals surface area contributed by atoms with Gasteiger partial charge < -0.3 is 15.9 Å². The average Bonchev–Trinajstić information content (AvgIpc) is 2.84. The first-order valence-corrected chi connectivity index (χ1v) is 6.19. The van der Waals surface area contributed by atoms with Gasteiger partial charge in [-0.3, -0.25) is 4.79 Å². The molecule has 0 saturated heterocycles. The fraction of sp³-hybridized carbons (Fsp3) is 0.500. The van der Waals surface area contributed by atoms with E-state index in [2.05, 4.69) is 20.4 Å². The van der Waals surface area contributed by atoms with Gasteiger partial charge in [-0.05, 0) is 13.3 Å². The number of nitrogens with one attached hydrogen (secondary N) is 1. The van der Waals surface area contributed by atoms with Gasteiger partial charge in [-0.2, -0.15) is 0 Å². The van der Waals surface area contributed by atoms with Crippen LogP contribution in [0.1, 0.15) is 24.9 Å². The van der Waals surface area contributed by atoms with Gasteiger partial charge in [0.05, 0.1) is 6.54 Å². The van der Waals surface area contributed by atoms with Gasteiger partial charge in [0.25, 0.3) is 5.91 Å². The van der Waals surface area contributed by atoms with Crippen molar-refractivity contribution in [3.8, 4) is 0 Å². The maximum absolute atomic E-state index is 10.9. The molecule has 0 radical (unpaired) electrons. The Morgan fingerprint density at radius 1 is 1.58 bits per heavy atom. The molecule has 0 fully saturated rings. The number of hydrogen-bond donors (Lipinski definition) is 2. The van der Waals surface area contributed by atoms with Gasteiger partial charge in [0.15, 0.2) is 6.10 Å². The summed E-state index contributed by atoms with van der Waals surface area (Å²) in [5.74, 6) is 0.942. The molecule has 19 heavy (non-hydrogen) atoms. The monoisotopic (exact) mass is 263 g/mol. The van der Waals surface area contributed by atoms with Crippen LogP contribution < -0.4 is 11.1 Å². The Balaban J connectivity index is 1.90. The van der Waals surface area contributed by atoms with E-state index >= 15 is 0 Å². The Morgan fingerprint density at radius 3 is 3.00 bits per heavy atom. The van der Waals surface area contributed by atoms with Crippen molar-refractivity contribution >= 4 is 17.4 Å². The van der Waals surface area contributed by atoms with Crippen molar-refractivity contribution in [2.24, 2.45) is 10.9 Å². The van der Waals surface area contributed by atoms with Crippen LogP contribution in [0, 0.1) is 6.92 Å². The number of carbonyl (C=O) groups is 1. The zero-order chi connectivity index (χ0) is 13.8. The lowest BCUT2D eigenvalue weighted by atomic mass is 10.2. The summed E-state index contributed by atoms with van der Waals surface area (Å²) in [6.07, 6.45) is 1.09. The van der Waals surface area contributed by atoms with E-state index in [4.69, 9.17) is 10.6 Å². The molecule has 1 atom stereocenters. The van der Waals surface area contributed by atoms with Crippen molar-refractivity contribution in [1.82, 2.24) is 9.97 Å². The van der Waals surface area contributed by atoms with Crippen molar-refractivity contribution in [2.75, 3.05) is 11.9 Å². The highest BCUT2D eigenvalue weighted by Gasteiger charge is 2.24. The second kappa shape index (κ2) is 5.64. The molecule has 3 N–H and O–H groups in total. The molecule has 1 aliphatic rings. The summed E-state index contributed by atoms with van der Waals surface area (Å²) < 4.78 is 0. The smallest absolute Gasteiger partial charge is 0.266 e. The molecule has 0 aliphatic carbocycles. The van der Waals surface area contributed by atoms with Crippen LogP contribution in [0.25, 0.3) is 0 Å². The molecule has 0 spiro atoms. The number of carbonyl (C=O) groups excluding carboxylic acids is 1. The molecule has 1 aromatic rings. The third-order valence-corrected chi connectivity index (χ3v) is 2.78. The fourth-order valence-corrected chi connectivity index (χ4v) is 1.80. The Morgan fingerprint density at radius 2 is 2.37 bits per heavy atom. The predicted molar refractivity (Wildman–Crippen MR) is 70.8 cm³/mol. The summed E-state index contributed by atoms with van der Waals surface area (Å²) in [5, 5.41) is 6.81. The van der Waals surface area contributed by atoms with E-state index in [0.29, 0.717) is 13.0 Å². The third-order valence-electron chi connectivity index (χ3n) is 2.78. The van der Waals surface area contributed by atoms with Crippen LogP contribution in [0.5, 0.6) is 0 Å². The van der Waals surface area contributed by atoms with Gasteiger partial charge in [0, 0.05) is 18.2 Å². The van der Waals surface area contributed by atoms with E-state index in [-0.39, 0.29) is 11.8 Å². The van der Waals surface area contributed by atoms with E-state index in [0.717, 1.165) is 23.8 Å².